The molecule has 0 radical (unpaired) electrons. The third-order valence-corrected chi connectivity index (χ3v) is 1.59. The van der Waals surface area contributed by atoms with E-state index in [-0.39, 0.29) is 21.9 Å². The van der Waals surface area contributed by atoms with E-state index in [2.05, 4.69) is 5.75 Å². The number of likely N-dealkylation sites (N-methyl/N-ethyl adjacent to an activating group) is 1. The minimum absolute atomic E-state index is 0. The summed E-state index contributed by atoms with van der Waals surface area (Å²) in [5.74, 6) is 2.62. The number of aliphatic hydroxyl groups is 1. The van der Waals surface area contributed by atoms with Crippen LogP contribution in [0.1, 0.15) is 7.43 Å². The summed E-state index contributed by atoms with van der Waals surface area (Å²) < 4.78 is 10.3. The van der Waals surface area contributed by atoms with Crippen LogP contribution >= 0.6 is 7.92 Å². The number of quaternary nitrogens is 1. The van der Waals surface area contributed by atoms with Crippen molar-refractivity contribution in [3.63, 3.8) is 0 Å². The molecule has 0 unspecified atom stereocenters. The number of hydrogen-bond acceptors (Lipinski definition) is 2. The van der Waals surface area contributed by atoms with Crippen LogP contribution in [-0.2, 0) is 4.57 Å². The topological polar surface area (TPSA) is 37.3 Å². The van der Waals surface area contributed by atoms with Gasteiger partial charge in [0.1, 0.15) is 0 Å². The Balaban J connectivity index is 0. The zero-order valence-corrected chi connectivity index (χ0v) is 6.56. The van der Waals surface area contributed by atoms with Gasteiger partial charge in [-0.2, -0.15) is 0 Å². The Morgan fingerprint density at radius 1 is 1.60 bits per heavy atom. The van der Waals surface area contributed by atoms with Crippen LogP contribution in [0.15, 0.2) is 0 Å². The molecule has 0 aliphatic carbocycles. The second kappa shape index (κ2) is 5.70. The van der Waals surface area contributed by atoms with Crippen LogP contribution in [0.5, 0.6) is 0 Å². The van der Waals surface area contributed by atoms with Crippen molar-refractivity contribution in [1.29, 1.82) is 0 Å². The number of rotatable bonds is 2. The van der Waals surface area contributed by atoms with Gasteiger partial charge in [0.05, 0.1) is 0 Å². The summed E-state index contributed by atoms with van der Waals surface area (Å²) in [6, 6.07) is 0. The van der Waals surface area contributed by atoms with E-state index in [9.17, 15) is 4.57 Å². The fourth-order valence-electron chi connectivity index (χ4n) is 0.411. The van der Waals surface area contributed by atoms with Crippen molar-refractivity contribution >= 4 is 7.92 Å². The first-order chi connectivity index (χ1) is 4.12. The Bertz CT molecular complexity index is 171. The van der Waals surface area contributed by atoms with E-state index in [1.54, 1.807) is 0 Å². The van der Waals surface area contributed by atoms with Crippen molar-refractivity contribution in [2.45, 2.75) is 7.43 Å². The van der Waals surface area contributed by atoms with Gasteiger partial charge in [0.2, 0.25) is 0 Å². The number of nitrogens with zero attached hydrogens (tertiary/aromatic N) is 1. The first-order valence-corrected chi connectivity index (χ1v) is 3.47. The van der Waals surface area contributed by atoms with Crippen LogP contribution in [0.4, 0.5) is 0 Å². The average Bonchev–Trinajstić information content (AvgIpc) is 1.64. The van der Waals surface area contributed by atoms with Crippen LogP contribution < -0.4 is 0 Å². The summed E-state index contributed by atoms with van der Waals surface area (Å²) in [6.07, 6.45) is 0. The normalized spacial score (nSPS) is 9.50. The molecule has 0 rings (SSSR count). The van der Waals surface area contributed by atoms with Gasteiger partial charge in [-0.1, -0.05) is 7.43 Å². The molecule has 0 fully saturated rings. The molecule has 0 aromatic rings. The molecule has 60 valence electrons. The molecule has 0 aliphatic heterocycles. The molecule has 4 heteroatoms. The van der Waals surface area contributed by atoms with Gasteiger partial charge in [-0.05, 0) is 0 Å². The molecule has 0 saturated carbocycles. The van der Waals surface area contributed by atoms with E-state index in [0.29, 0.717) is 11.0 Å². The molecular formula is C6H15NO2P+. The van der Waals surface area contributed by atoms with Crippen LogP contribution in [0.3, 0.4) is 0 Å². The number of hydrogen-bond donors (Lipinski definition) is 1. The molecule has 0 saturated heterocycles. The van der Waals surface area contributed by atoms with Gasteiger partial charge >= 0.3 is 55.1 Å². The predicted molar refractivity (Wildman–Crippen MR) is 42.3 cm³/mol. The van der Waals surface area contributed by atoms with Gasteiger partial charge in [-0.15, -0.1) is 0 Å². The molecule has 0 bridgehead atoms. The molecule has 10 heavy (non-hydrogen) atoms. The van der Waals surface area contributed by atoms with E-state index < -0.39 is 0 Å². The van der Waals surface area contributed by atoms with Gasteiger partial charge in [-0.3, -0.25) is 0 Å². The fourth-order valence-corrected chi connectivity index (χ4v) is 0.732. The average molecular weight is 164 g/mol. The van der Waals surface area contributed by atoms with Crippen molar-refractivity contribution in [1.82, 2.24) is 0 Å². The van der Waals surface area contributed by atoms with Crippen molar-refractivity contribution in [2.24, 2.45) is 0 Å². The molecule has 0 heterocycles. The molecule has 0 atom stereocenters. The van der Waals surface area contributed by atoms with Crippen LogP contribution in [0.2, 0.25) is 0 Å². The van der Waals surface area contributed by atoms with E-state index >= 15 is 0 Å². The molecule has 3 nitrogen and oxygen atoms in total. The molecule has 0 aliphatic rings. The van der Waals surface area contributed by atoms with Gasteiger partial charge in [0, 0.05) is 0 Å². The zero-order chi connectivity index (χ0) is 7.33. The van der Waals surface area contributed by atoms with Crippen LogP contribution in [0, 0.1) is 5.75 Å². The van der Waals surface area contributed by atoms with Crippen molar-refractivity contribution in [3.05, 3.63) is 0 Å². The van der Waals surface area contributed by atoms with Gasteiger partial charge in [0.15, 0.2) is 0 Å². The van der Waals surface area contributed by atoms with Crippen LogP contribution in [0.25, 0.3) is 0 Å². The fraction of sp³-hybridized carbons (Fsp3) is 0.833. The quantitative estimate of drug-likeness (QED) is 0.486. The van der Waals surface area contributed by atoms with E-state index in [0.717, 1.165) is 0 Å². The van der Waals surface area contributed by atoms with Crippen LogP contribution in [-0.4, -0.2) is 36.8 Å². The molecule has 0 spiro atoms. The van der Waals surface area contributed by atoms with Gasteiger partial charge in [0.25, 0.3) is 0 Å². The van der Waals surface area contributed by atoms with Crippen molar-refractivity contribution in [2.75, 3.05) is 27.2 Å². The Morgan fingerprint density at radius 2 is 2.10 bits per heavy atom. The molecule has 1 N–H and O–H groups in total. The van der Waals surface area contributed by atoms with Crippen molar-refractivity contribution < 1.29 is 14.2 Å². The third-order valence-electron chi connectivity index (χ3n) is 0.971. The Labute approximate surface area is 63.4 Å². The molecular weight excluding hydrogens is 149 g/mol. The monoisotopic (exact) mass is 164 g/mol. The van der Waals surface area contributed by atoms with E-state index in [4.69, 9.17) is 5.11 Å². The Hall–Kier alpha value is -0.0700. The second-order valence-electron chi connectivity index (χ2n) is 2.32. The molecule has 0 aromatic heterocycles. The third kappa shape index (κ3) is 6.06. The van der Waals surface area contributed by atoms with Gasteiger partial charge < -0.3 is 0 Å². The summed E-state index contributed by atoms with van der Waals surface area (Å²) in [5, 5.41) is 8.47. The second-order valence-corrected chi connectivity index (χ2v) is 2.71. The summed E-state index contributed by atoms with van der Waals surface area (Å²) >= 11 is 0. The Kier molecular flexibility index (Phi) is 7.17. The summed E-state index contributed by atoms with van der Waals surface area (Å²) in [6.45, 7) is 0.644. The Morgan fingerprint density at radius 3 is 2.40 bits per heavy atom. The first-order valence-electron chi connectivity index (χ1n) is 2.66. The maximum absolute atomic E-state index is 9.98. The van der Waals surface area contributed by atoms with E-state index in [1.165, 1.54) is 0 Å². The number of aliphatic hydroxyl groups excluding tert-OH is 1. The standard InChI is InChI=1S/C5H11NO2P.CH4/c1-6(2,3-4-7)5-9-8;/h7H,3-4H2,1-2H3;1H4/q+1;. The van der Waals surface area contributed by atoms with Crippen molar-refractivity contribution in [3.8, 4) is 5.75 Å². The summed E-state index contributed by atoms with van der Waals surface area (Å²) in [4.78, 5) is 0. The minimum atomic E-state index is -0.105. The summed E-state index contributed by atoms with van der Waals surface area (Å²) in [5.41, 5.74) is 0. The first kappa shape index (κ1) is 12.6. The van der Waals surface area contributed by atoms with E-state index in [1.807, 2.05) is 14.1 Å². The van der Waals surface area contributed by atoms with Gasteiger partial charge in [-0.25, -0.2) is 0 Å². The zero-order valence-electron chi connectivity index (χ0n) is 5.66. The summed E-state index contributed by atoms with van der Waals surface area (Å²) in [7, 11) is 3.54. The predicted octanol–water partition coefficient (Wildman–Crippen LogP) is 0.900. The SMILES string of the molecule is C.C[N+](C)(C#P=O)CCO. The molecule has 0 amide bonds. The molecule has 0 aromatic carbocycles. The maximum atomic E-state index is 9.98.